The number of nitrogens with one attached hydrogen (secondary N) is 1. The molecule has 0 aliphatic rings. The van der Waals surface area contributed by atoms with Crippen molar-refractivity contribution in [1.29, 1.82) is 0 Å². The number of rotatable bonds is 6. The van der Waals surface area contributed by atoms with Crippen molar-refractivity contribution in [3.8, 4) is 11.5 Å². The van der Waals surface area contributed by atoms with Crippen LogP contribution >= 0.6 is 0 Å². The summed E-state index contributed by atoms with van der Waals surface area (Å²) in [5, 5.41) is 2.98. The van der Waals surface area contributed by atoms with Gasteiger partial charge in [-0.2, -0.15) is 0 Å². The van der Waals surface area contributed by atoms with Crippen molar-refractivity contribution in [1.82, 2.24) is 10.3 Å². The summed E-state index contributed by atoms with van der Waals surface area (Å²) in [5.74, 6) is 0.903. The Balaban J connectivity index is 2.09. The van der Waals surface area contributed by atoms with Gasteiger partial charge >= 0.3 is 0 Å². The number of furan rings is 1. The van der Waals surface area contributed by atoms with Gasteiger partial charge in [0, 0.05) is 24.2 Å². The molecule has 0 atom stereocenters. The number of carbonyl (C=O) groups is 1. The van der Waals surface area contributed by atoms with E-state index in [9.17, 15) is 4.79 Å². The number of aromatic nitrogens is 1. The van der Waals surface area contributed by atoms with Gasteiger partial charge in [-0.15, -0.1) is 0 Å². The first-order chi connectivity index (χ1) is 9.76. The first-order valence-electron chi connectivity index (χ1n) is 7.01. The van der Waals surface area contributed by atoms with Crippen molar-refractivity contribution in [2.24, 2.45) is 5.92 Å². The van der Waals surface area contributed by atoms with E-state index in [4.69, 9.17) is 4.42 Å². The molecule has 0 fully saturated rings. The zero-order chi connectivity index (χ0) is 14.4. The third-order valence-corrected chi connectivity index (χ3v) is 3.46. The second-order valence-electron chi connectivity index (χ2n) is 4.72. The van der Waals surface area contributed by atoms with Crippen molar-refractivity contribution in [3.63, 3.8) is 0 Å². The molecule has 106 valence electrons. The quantitative estimate of drug-likeness (QED) is 0.877. The predicted molar refractivity (Wildman–Crippen MR) is 77.9 cm³/mol. The maximum Gasteiger partial charge on any atom is 0.223 e. The maximum absolute atomic E-state index is 12.0. The smallest absolute Gasteiger partial charge is 0.223 e. The van der Waals surface area contributed by atoms with Crippen LogP contribution in [0, 0.1) is 5.92 Å². The molecular weight excluding hydrogens is 252 g/mol. The summed E-state index contributed by atoms with van der Waals surface area (Å²) in [7, 11) is 0. The van der Waals surface area contributed by atoms with Gasteiger partial charge in [-0.3, -0.25) is 9.78 Å². The summed E-state index contributed by atoms with van der Waals surface area (Å²) in [6.45, 7) is 4.54. The third kappa shape index (κ3) is 3.26. The van der Waals surface area contributed by atoms with Gasteiger partial charge in [0.15, 0.2) is 5.76 Å². The van der Waals surface area contributed by atoms with Crippen LogP contribution in [-0.2, 0) is 11.3 Å². The standard InChI is InChI=1S/C16H20N2O2/c1-3-12(4-2)16(19)18-11-13-7-5-9-17-15(13)14-8-6-10-20-14/h5-10,12H,3-4,11H2,1-2H3,(H,18,19). The molecule has 4 heteroatoms. The van der Waals surface area contributed by atoms with E-state index in [2.05, 4.69) is 10.3 Å². The summed E-state index contributed by atoms with van der Waals surface area (Å²) in [6.07, 6.45) is 5.07. The van der Waals surface area contributed by atoms with E-state index in [0.717, 1.165) is 29.9 Å². The molecule has 0 unspecified atom stereocenters. The first kappa shape index (κ1) is 14.3. The van der Waals surface area contributed by atoms with E-state index in [1.54, 1.807) is 12.5 Å². The van der Waals surface area contributed by atoms with E-state index in [-0.39, 0.29) is 11.8 Å². The van der Waals surface area contributed by atoms with Crippen LogP contribution < -0.4 is 5.32 Å². The van der Waals surface area contributed by atoms with Crippen LogP contribution in [0.3, 0.4) is 0 Å². The van der Waals surface area contributed by atoms with Crippen molar-refractivity contribution in [3.05, 3.63) is 42.3 Å². The Morgan fingerprint density at radius 3 is 2.75 bits per heavy atom. The number of carbonyl (C=O) groups excluding carboxylic acids is 1. The molecule has 0 bridgehead atoms. The average molecular weight is 272 g/mol. The minimum atomic E-state index is 0.0822. The first-order valence-corrected chi connectivity index (χ1v) is 7.01. The molecule has 0 saturated heterocycles. The van der Waals surface area contributed by atoms with Crippen molar-refractivity contribution in [2.75, 3.05) is 0 Å². The number of amides is 1. The zero-order valence-electron chi connectivity index (χ0n) is 11.9. The normalized spacial score (nSPS) is 10.8. The maximum atomic E-state index is 12.0. The average Bonchev–Trinajstić information content (AvgIpc) is 3.01. The number of hydrogen-bond acceptors (Lipinski definition) is 3. The number of pyridine rings is 1. The molecule has 0 aliphatic heterocycles. The van der Waals surface area contributed by atoms with Crippen molar-refractivity contribution >= 4 is 5.91 Å². The SMILES string of the molecule is CCC(CC)C(=O)NCc1cccnc1-c1ccco1. The summed E-state index contributed by atoms with van der Waals surface area (Å²) in [4.78, 5) is 16.4. The second-order valence-corrected chi connectivity index (χ2v) is 4.72. The Labute approximate surface area is 119 Å². The highest BCUT2D eigenvalue weighted by atomic mass is 16.3. The topological polar surface area (TPSA) is 55.1 Å². The fourth-order valence-corrected chi connectivity index (χ4v) is 2.20. The van der Waals surface area contributed by atoms with E-state index in [1.807, 2.05) is 38.1 Å². The van der Waals surface area contributed by atoms with Gasteiger partial charge in [0.1, 0.15) is 5.69 Å². The van der Waals surface area contributed by atoms with Gasteiger partial charge in [-0.05, 0) is 31.0 Å². The lowest BCUT2D eigenvalue weighted by Crippen LogP contribution is -2.29. The molecule has 0 saturated carbocycles. The second kappa shape index (κ2) is 6.89. The summed E-state index contributed by atoms with van der Waals surface area (Å²) >= 11 is 0. The van der Waals surface area contributed by atoms with Crippen molar-refractivity contribution in [2.45, 2.75) is 33.2 Å². The molecule has 0 aliphatic carbocycles. The van der Waals surface area contributed by atoms with Gasteiger partial charge in [0.2, 0.25) is 5.91 Å². The van der Waals surface area contributed by atoms with Gasteiger partial charge in [-0.25, -0.2) is 0 Å². The monoisotopic (exact) mass is 272 g/mol. The lowest BCUT2D eigenvalue weighted by atomic mass is 10.0. The van der Waals surface area contributed by atoms with E-state index in [0.29, 0.717) is 6.54 Å². The molecule has 20 heavy (non-hydrogen) atoms. The Hall–Kier alpha value is -2.10. The van der Waals surface area contributed by atoms with Crippen LogP contribution in [0.15, 0.2) is 41.1 Å². The van der Waals surface area contributed by atoms with Crippen molar-refractivity contribution < 1.29 is 9.21 Å². The third-order valence-electron chi connectivity index (χ3n) is 3.46. The number of hydrogen-bond donors (Lipinski definition) is 1. The Bertz CT molecular complexity index is 545. The fourth-order valence-electron chi connectivity index (χ4n) is 2.20. The van der Waals surface area contributed by atoms with Crippen LogP contribution in [0.4, 0.5) is 0 Å². The van der Waals surface area contributed by atoms with Crippen LogP contribution in [-0.4, -0.2) is 10.9 Å². The molecule has 1 N–H and O–H groups in total. The molecule has 0 aromatic carbocycles. The highest BCUT2D eigenvalue weighted by molar-refractivity contribution is 5.78. The summed E-state index contributed by atoms with van der Waals surface area (Å²) in [6, 6.07) is 7.52. The minimum absolute atomic E-state index is 0.0822. The molecule has 2 aromatic heterocycles. The molecule has 1 amide bonds. The molecule has 4 nitrogen and oxygen atoms in total. The van der Waals surface area contributed by atoms with E-state index >= 15 is 0 Å². The molecule has 2 aromatic rings. The Morgan fingerprint density at radius 2 is 2.10 bits per heavy atom. The highest BCUT2D eigenvalue weighted by Crippen LogP contribution is 2.21. The van der Waals surface area contributed by atoms with Crippen LogP contribution in [0.5, 0.6) is 0 Å². The van der Waals surface area contributed by atoms with E-state index < -0.39 is 0 Å². The van der Waals surface area contributed by atoms with E-state index in [1.165, 1.54) is 0 Å². The lowest BCUT2D eigenvalue weighted by Gasteiger charge is -2.13. The summed E-state index contributed by atoms with van der Waals surface area (Å²) in [5.41, 5.74) is 1.74. The highest BCUT2D eigenvalue weighted by Gasteiger charge is 2.15. The van der Waals surface area contributed by atoms with Crippen LogP contribution in [0.25, 0.3) is 11.5 Å². The van der Waals surface area contributed by atoms with Gasteiger partial charge in [0.25, 0.3) is 0 Å². The zero-order valence-corrected chi connectivity index (χ0v) is 11.9. The molecule has 2 heterocycles. The lowest BCUT2D eigenvalue weighted by molar-refractivity contribution is -0.125. The minimum Gasteiger partial charge on any atom is -0.463 e. The van der Waals surface area contributed by atoms with Gasteiger partial charge < -0.3 is 9.73 Å². The van der Waals surface area contributed by atoms with Crippen LogP contribution in [0.2, 0.25) is 0 Å². The Kier molecular flexibility index (Phi) is 4.93. The molecule has 2 rings (SSSR count). The van der Waals surface area contributed by atoms with Crippen LogP contribution in [0.1, 0.15) is 32.3 Å². The predicted octanol–water partition coefficient (Wildman–Crippen LogP) is 3.39. The van der Waals surface area contributed by atoms with Gasteiger partial charge in [-0.1, -0.05) is 19.9 Å². The number of nitrogens with zero attached hydrogens (tertiary/aromatic N) is 1. The molecular formula is C16H20N2O2. The Morgan fingerprint density at radius 1 is 1.30 bits per heavy atom. The molecule has 0 radical (unpaired) electrons. The molecule has 0 spiro atoms. The summed E-state index contributed by atoms with van der Waals surface area (Å²) < 4.78 is 5.38. The fraction of sp³-hybridized carbons (Fsp3) is 0.375. The van der Waals surface area contributed by atoms with Gasteiger partial charge in [0.05, 0.1) is 6.26 Å². The largest absolute Gasteiger partial charge is 0.463 e.